The summed E-state index contributed by atoms with van der Waals surface area (Å²) in [6, 6.07) is 15.6. The van der Waals surface area contributed by atoms with Crippen LogP contribution in [0.15, 0.2) is 42.5 Å². The molecule has 0 aliphatic rings. The number of hydrogen-bond donors (Lipinski definition) is 1. The molecule has 0 saturated heterocycles. The van der Waals surface area contributed by atoms with E-state index in [0.29, 0.717) is 5.56 Å². The van der Waals surface area contributed by atoms with E-state index in [1.165, 1.54) is 0 Å². The van der Waals surface area contributed by atoms with E-state index in [-0.39, 0.29) is 6.61 Å². The molecule has 0 saturated carbocycles. The lowest BCUT2D eigenvalue weighted by Gasteiger charge is -2.23. The van der Waals surface area contributed by atoms with Gasteiger partial charge in [0.15, 0.2) is 0 Å². The Balaban J connectivity index is 2.50. The van der Waals surface area contributed by atoms with Crippen LogP contribution < -0.4 is 4.90 Å². The van der Waals surface area contributed by atoms with Crippen molar-refractivity contribution in [2.45, 2.75) is 13.5 Å². The van der Waals surface area contributed by atoms with Crippen LogP contribution >= 0.6 is 0 Å². The standard InChI is InChI=1S/C16H16N2O/c1-12-7-8-16(14(9-12)11-19)18(2)15-6-4-3-5-13(15)10-17/h3-9,19H,11H2,1-2H3. The van der Waals surface area contributed by atoms with Crippen molar-refractivity contribution in [3.05, 3.63) is 59.2 Å². The quantitative estimate of drug-likeness (QED) is 0.913. The summed E-state index contributed by atoms with van der Waals surface area (Å²) >= 11 is 0. The Morgan fingerprint density at radius 3 is 2.58 bits per heavy atom. The predicted molar refractivity (Wildman–Crippen MR) is 76.3 cm³/mol. The summed E-state index contributed by atoms with van der Waals surface area (Å²) in [5.41, 5.74) is 4.33. The molecule has 0 radical (unpaired) electrons. The third kappa shape index (κ3) is 2.59. The lowest BCUT2D eigenvalue weighted by atomic mass is 10.1. The summed E-state index contributed by atoms with van der Waals surface area (Å²) in [6.07, 6.45) is 0. The Bertz CT molecular complexity index is 629. The first-order chi connectivity index (χ1) is 9.17. The molecular weight excluding hydrogens is 236 g/mol. The van der Waals surface area contributed by atoms with Gasteiger partial charge in [-0.1, -0.05) is 29.8 Å². The summed E-state index contributed by atoms with van der Waals surface area (Å²) in [5.74, 6) is 0. The molecule has 3 heteroatoms. The molecule has 0 amide bonds. The number of nitrogens with zero attached hydrogens (tertiary/aromatic N) is 2. The van der Waals surface area contributed by atoms with Crippen LogP contribution in [0.4, 0.5) is 11.4 Å². The molecule has 2 aromatic carbocycles. The zero-order valence-corrected chi connectivity index (χ0v) is 11.1. The number of hydrogen-bond acceptors (Lipinski definition) is 3. The van der Waals surface area contributed by atoms with Crippen LogP contribution in [0.1, 0.15) is 16.7 Å². The van der Waals surface area contributed by atoms with Crippen LogP contribution in [0.3, 0.4) is 0 Å². The molecule has 2 aromatic rings. The first-order valence-electron chi connectivity index (χ1n) is 6.10. The summed E-state index contributed by atoms with van der Waals surface area (Å²) in [4.78, 5) is 1.93. The summed E-state index contributed by atoms with van der Waals surface area (Å²) in [5, 5.41) is 18.6. The van der Waals surface area contributed by atoms with Gasteiger partial charge in [0.2, 0.25) is 0 Å². The van der Waals surface area contributed by atoms with Gasteiger partial charge in [-0.05, 0) is 25.1 Å². The number of anilines is 2. The Hall–Kier alpha value is -2.31. The zero-order chi connectivity index (χ0) is 13.8. The minimum Gasteiger partial charge on any atom is -0.392 e. The number of benzene rings is 2. The Morgan fingerprint density at radius 2 is 1.89 bits per heavy atom. The minimum atomic E-state index is -0.0178. The lowest BCUT2D eigenvalue weighted by molar-refractivity contribution is 0.282. The van der Waals surface area contributed by atoms with Gasteiger partial charge in [0, 0.05) is 18.3 Å². The summed E-state index contributed by atoms with van der Waals surface area (Å²) < 4.78 is 0. The molecule has 2 rings (SSSR count). The van der Waals surface area contributed by atoms with Crippen LogP contribution in [-0.4, -0.2) is 12.2 Å². The van der Waals surface area contributed by atoms with Crippen LogP contribution in [0.2, 0.25) is 0 Å². The van der Waals surface area contributed by atoms with E-state index in [9.17, 15) is 5.11 Å². The second-order valence-electron chi connectivity index (χ2n) is 4.48. The van der Waals surface area contributed by atoms with E-state index in [2.05, 4.69) is 6.07 Å². The van der Waals surface area contributed by atoms with Crippen molar-refractivity contribution in [1.29, 1.82) is 5.26 Å². The number of rotatable bonds is 3. The summed E-state index contributed by atoms with van der Waals surface area (Å²) in [6.45, 7) is 1.97. The van der Waals surface area contributed by atoms with Crippen LogP contribution in [-0.2, 0) is 6.61 Å². The van der Waals surface area contributed by atoms with Gasteiger partial charge < -0.3 is 10.0 Å². The normalized spacial score (nSPS) is 10.0. The maximum absolute atomic E-state index is 9.47. The maximum Gasteiger partial charge on any atom is 0.101 e. The fraction of sp³-hybridized carbons (Fsp3) is 0.188. The second kappa shape index (κ2) is 5.55. The molecule has 1 N–H and O–H groups in total. The van der Waals surface area contributed by atoms with Crippen molar-refractivity contribution >= 4 is 11.4 Å². The van der Waals surface area contributed by atoms with Gasteiger partial charge in [-0.15, -0.1) is 0 Å². The first kappa shape index (κ1) is 13.1. The van der Waals surface area contributed by atoms with Gasteiger partial charge in [0.05, 0.1) is 17.9 Å². The zero-order valence-electron chi connectivity index (χ0n) is 11.1. The number of aryl methyl sites for hydroxylation is 1. The smallest absolute Gasteiger partial charge is 0.101 e. The molecule has 0 spiro atoms. The monoisotopic (exact) mass is 252 g/mol. The highest BCUT2D eigenvalue weighted by Crippen LogP contribution is 2.30. The van der Waals surface area contributed by atoms with Crippen molar-refractivity contribution in [2.75, 3.05) is 11.9 Å². The Kier molecular flexibility index (Phi) is 3.84. The summed E-state index contributed by atoms with van der Waals surface area (Å²) in [7, 11) is 1.90. The van der Waals surface area contributed by atoms with Crippen LogP contribution in [0.5, 0.6) is 0 Å². The van der Waals surface area contributed by atoms with E-state index in [4.69, 9.17) is 5.26 Å². The van der Waals surface area contributed by atoms with Gasteiger partial charge >= 0.3 is 0 Å². The predicted octanol–water partition coefficient (Wildman–Crippen LogP) is 3.13. The molecule has 0 aliphatic carbocycles. The van der Waals surface area contributed by atoms with Gasteiger partial charge in [-0.3, -0.25) is 0 Å². The third-order valence-electron chi connectivity index (χ3n) is 3.15. The average molecular weight is 252 g/mol. The SMILES string of the molecule is Cc1ccc(N(C)c2ccccc2C#N)c(CO)c1. The van der Waals surface area contributed by atoms with Gasteiger partial charge in [-0.2, -0.15) is 5.26 Å². The maximum atomic E-state index is 9.47. The van der Waals surface area contributed by atoms with Crippen molar-refractivity contribution in [3.8, 4) is 6.07 Å². The van der Waals surface area contributed by atoms with Gasteiger partial charge in [-0.25, -0.2) is 0 Å². The van der Waals surface area contributed by atoms with Crippen molar-refractivity contribution in [1.82, 2.24) is 0 Å². The molecule has 96 valence electrons. The van der Waals surface area contributed by atoms with Crippen molar-refractivity contribution in [3.63, 3.8) is 0 Å². The van der Waals surface area contributed by atoms with Gasteiger partial charge in [0.25, 0.3) is 0 Å². The molecule has 0 heterocycles. The molecular formula is C16H16N2O. The highest BCUT2D eigenvalue weighted by molar-refractivity contribution is 5.71. The molecule has 0 unspecified atom stereocenters. The van der Waals surface area contributed by atoms with Crippen molar-refractivity contribution in [2.24, 2.45) is 0 Å². The fourth-order valence-corrected chi connectivity index (χ4v) is 2.16. The van der Waals surface area contributed by atoms with E-state index in [1.807, 2.05) is 55.3 Å². The Morgan fingerprint density at radius 1 is 1.16 bits per heavy atom. The van der Waals surface area contributed by atoms with E-state index < -0.39 is 0 Å². The lowest BCUT2D eigenvalue weighted by Crippen LogP contribution is -2.13. The fourth-order valence-electron chi connectivity index (χ4n) is 2.16. The van der Waals surface area contributed by atoms with Crippen molar-refractivity contribution < 1.29 is 5.11 Å². The minimum absolute atomic E-state index is 0.0178. The Labute approximate surface area is 113 Å². The van der Waals surface area contributed by atoms with Crippen LogP contribution in [0, 0.1) is 18.3 Å². The molecule has 3 nitrogen and oxygen atoms in total. The van der Waals surface area contributed by atoms with E-state index >= 15 is 0 Å². The van der Waals surface area contributed by atoms with Crippen LogP contribution in [0.25, 0.3) is 0 Å². The molecule has 0 aliphatic heterocycles. The topological polar surface area (TPSA) is 47.3 Å². The molecule has 0 aromatic heterocycles. The van der Waals surface area contributed by atoms with E-state index in [0.717, 1.165) is 22.5 Å². The second-order valence-corrected chi connectivity index (χ2v) is 4.48. The average Bonchev–Trinajstić information content (AvgIpc) is 2.46. The molecule has 0 atom stereocenters. The van der Waals surface area contributed by atoms with Gasteiger partial charge in [0.1, 0.15) is 6.07 Å². The third-order valence-corrected chi connectivity index (χ3v) is 3.15. The highest BCUT2D eigenvalue weighted by Gasteiger charge is 2.12. The highest BCUT2D eigenvalue weighted by atomic mass is 16.3. The van der Waals surface area contributed by atoms with E-state index in [1.54, 1.807) is 6.07 Å². The number of nitriles is 1. The number of aliphatic hydroxyl groups is 1. The first-order valence-corrected chi connectivity index (χ1v) is 6.10. The molecule has 0 fully saturated rings. The number of para-hydroxylation sites is 1. The largest absolute Gasteiger partial charge is 0.392 e. The number of aliphatic hydroxyl groups excluding tert-OH is 1. The molecule has 19 heavy (non-hydrogen) atoms. The molecule has 0 bridgehead atoms.